The first kappa shape index (κ1) is 13.9. The molecule has 2 N–H and O–H groups in total. The van der Waals surface area contributed by atoms with Crippen LogP contribution in [0.25, 0.3) is 0 Å². The van der Waals surface area contributed by atoms with E-state index in [1.165, 1.54) is 23.2 Å². The Bertz CT molecular complexity index is 292. The van der Waals surface area contributed by atoms with Gasteiger partial charge in [-0.3, -0.25) is 0 Å². The lowest BCUT2D eigenvalue weighted by Gasteiger charge is -2.29. The zero-order valence-electron chi connectivity index (χ0n) is 10.1. The molecule has 92 valence electrons. The minimum Gasteiger partial charge on any atom is -0.480 e. The molecule has 0 amide bonds. The van der Waals surface area contributed by atoms with Crippen molar-refractivity contribution in [3.63, 3.8) is 0 Å². The maximum absolute atomic E-state index is 11.0. The van der Waals surface area contributed by atoms with Crippen LogP contribution in [0.1, 0.15) is 26.2 Å². The molecule has 1 unspecified atom stereocenters. The van der Waals surface area contributed by atoms with E-state index in [2.05, 4.69) is 25.6 Å². The molecule has 3 nitrogen and oxygen atoms in total. The summed E-state index contributed by atoms with van der Waals surface area (Å²) in [5.74, 6) is -0.0856. The number of thioether (sulfide) groups is 1. The highest BCUT2D eigenvalue weighted by Crippen LogP contribution is 2.44. The first-order chi connectivity index (χ1) is 7.56. The predicted molar refractivity (Wildman–Crippen MR) is 72.3 cm³/mol. The number of rotatable bonds is 5. The molecule has 0 aliphatic carbocycles. The Morgan fingerprint density at radius 1 is 1.62 bits per heavy atom. The normalized spacial score (nSPS) is 21.1. The van der Waals surface area contributed by atoms with Crippen LogP contribution < -0.4 is 5.32 Å². The van der Waals surface area contributed by atoms with Crippen LogP contribution >= 0.6 is 19.7 Å². The smallest absolute Gasteiger partial charge is 0.326 e. The number of allylic oxidation sites excluding steroid dienone is 1. The van der Waals surface area contributed by atoms with Crippen LogP contribution in [0.4, 0.5) is 0 Å². The van der Waals surface area contributed by atoms with Crippen LogP contribution in [0.3, 0.4) is 0 Å². The predicted octanol–water partition coefficient (Wildman–Crippen LogP) is 2.88. The summed E-state index contributed by atoms with van der Waals surface area (Å²) in [5, 5.41) is 12.2. The summed E-state index contributed by atoms with van der Waals surface area (Å²) >= 11 is 1.73. The van der Waals surface area contributed by atoms with E-state index in [1.54, 1.807) is 11.8 Å². The van der Waals surface area contributed by atoms with E-state index in [4.69, 9.17) is 5.11 Å². The van der Waals surface area contributed by atoms with Gasteiger partial charge in [0.05, 0.1) is 0 Å². The fourth-order valence-electron chi connectivity index (χ4n) is 1.58. The van der Waals surface area contributed by atoms with Gasteiger partial charge in [-0.15, -0.1) is 11.8 Å². The summed E-state index contributed by atoms with van der Waals surface area (Å²) < 4.78 is 0. The molecule has 0 spiro atoms. The van der Waals surface area contributed by atoms with Crippen LogP contribution in [0, 0.1) is 0 Å². The highest BCUT2D eigenvalue weighted by atomic mass is 32.2. The molecule has 1 aliphatic heterocycles. The van der Waals surface area contributed by atoms with Gasteiger partial charge in [0.25, 0.3) is 0 Å². The Kier molecular flexibility index (Phi) is 5.63. The highest BCUT2D eigenvalue weighted by Gasteiger charge is 2.26. The summed E-state index contributed by atoms with van der Waals surface area (Å²) in [7, 11) is -0.242. The molecule has 0 fully saturated rings. The number of unbranched alkanes of at least 4 members (excludes halogenated alkanes) is 1. The Morgan fingerprint density at radius 2 is 2.31 bits per heavy atom. The molecule has 0 saturated heterocycles. The second-order valence-corrected chi connectivity index (χ2v) is 7.47. The quantitative estimate of drug-likeness (QED) is 0.747. The number of hydrogen-bond acceptors (Lipinski definition) is 3. The third-order valence-electron chi connectivity index (χ3n) is 2.50. The fraction of sp³-hybridized carbons (Fsp3) is 0.727. The van der Waals surface area contributed by atoms with Gasteiger partial charge in [0.2, 0.25) is 0 Å². The van der Waals surface area contributed by atoms with Crippen molar-refractivity contribution in [3.05, 3.63) is 10.3 Å². The molecule has 0 radical (unpaired) electrons. The van der Waals surface area contributed by atoms with Gasteiger partial charge in [-0.2, -0.15) is 0 Å². The van der Waals surface area contributed by atoms with Crippen LogP contribution in [0.5, 0.6) is 0 Å². The number of nitrogens with one attached hydrogen (secondary N) is 1. The number of hydrogen-bond donors (Lipinski definition) is 2. The molecule has 5 heteroatoms. The molecule has 0 saturated carbocycles. The van der Waals surface area contributed by atoms with Gasteiger partial charge >= 0.3 is 5.97 Å². The van der Waals surface area contributed by atoms with Gasteiger partial charge in [0, 0.05) is 16.1 Å². The van der Waals surface area contributed by atoms with Gasteiger partial charge in [0.1, 0.15) is 6.04 Å². The summed E-state index contributed by atoms with van der Waals surface area (Å²) in [5.41, 5.74) is 1.20. The Balaban J connectivity index is 2.75. The fourth-order valence-corrected chi connectivity index (χ4v) is 4.42. The average Bonchev–Trinajstić information content (AvgIpc) is 2.25. The molecule has 0 aromatic heterocycles. The average molecular weight is 261 g/mol. The monoisotopic (exact) mass is 261 g/mol. The van der Waals surface area contributed by atoms with Gasteiger partial charge < -0.3 is 10.4 Å². The van der Waals surface area contributed by atoms with Gasteiger partial charge in [-0.1, -0.05) is 21.3 Å². The highest BCUT2D eigenvalue weighted by molar-refractivity contribution is 8.03. The van der Waals surface area contributed by atoms with E-state index in [1.807, 2.05) is 0 Å². The van der Waals surface area contributed by atoms with Crippen LogP contribution in [-0.2, 0) is 4.79 Å². The molecule has 0 aromatic rings. The number of carboxylic acid groups (broad SMARTS) is 1. The van der Waals surface area contributed by atoms with E-state index in [0.29, 0.717) is 5.75 Å². The summed E-state index contributed by atoms with van der Waals surface area (Å²) in [6.45, 7) is 6.53. The van der Waals surface area contributed by atoms with Crippen molar-refractivity contribution in [1.29, 1.82) is 0 Å². The van der Waals surface area contributed by atoms with E-state index < -0.39 is 12.0 Å². The molecule has 1 aliphatic rings. The molecular formula is C11H20NO2PS. The molecule has 16 heavy (non-hydrogen) atoms. The van der Waals surface area contributed by atoms with Gasteiger partial charge in [-0.05, 0) is 26.2 Å². The number of aliphatic carboxylic acids is 1. The van der Waals surface area contributed by atoms with Crippen molar-refractivity contribution in [1.82, 2.24) is 5.32 Å². The standard InChI is InChI=1S/C11H20NO2PS/c1-4-5-6-9-10(15(2)3)12-8(7-16-9)11(13)14/h8,12H,4-7H2,1-3H3,(H,13,14). The van der Waals surface area contributed by atoms with Crippen LogP contribution in [0.2, 0.25) is 0 Å². The summed E-state index contributed by atoms with van der Waals surface area (Å²) in [6, 6.07) is -0.407. The summed E-state index contributed by atoms with van der Waals surface area (Å²) in [6.07, 6.45) is 3.47. The molecule has 0 bridgehead atoms. The van der Waals surface area contributed by atoms with Crippen molar-refractivity contribution in [2.75, 3.05) is 19.1 Å². The molecular weight excluding hydrogens is 241 g/mol. The lowest BCUT2D eigenvalue weighted by atomic mass is 10.2. The Labute approximate surface area is 103 Å². The van der Waals surface area contributed by atoms with Gasteiger partial charge in [0.15, 0.2) is 0 Å². The third-order valence-corrected chi connectivity index (χ3v) is 5.20. The second-order valence-electron chi connectivity index (χ2n) is 4.12. The van der Waals surface area contributed by atoms with Crippen LogP contribution in [-0.4, -0.2) is 36.2 Å². The largest absolute Gasteiger partial charge is 0.480 e. The van der Waals surface area contributed by atoms with Crippen LogP contribution in [0.15, 0.2) is 10.3 Å². The Morgan fingerprint density at radius 3 is 2.81 bits per heavy atom. The van der Waals surface area contributed by atoms with Crippen molar-refractivity contribution in [3.8, 4) is 0 Å². The first-order valence-electron chi connectivity index (χ1n) is 5.58. The minimum absolute atomic E-state index is 0.242. The molecule has 0 aromatic carbocycles. The van der Waals surface area contributed by atoms with E-state index in [0.717, 1.165) is 6.42 Å². The molecule has 1 rings (SSSR count). The lowest BCUT2D eigenvalue weighted by molar-refractivity contribution is -0.138. The van der Waals surface area contributed by atoms with Crippen molar-refractivity contribution in [2.45, 2.75) is 32.2 Å². The number of carboxylic acids is 1. The van der Waals surface area contributed by atoms with Crippen molar-refractivity contribution in [2.24, 2.45) is 0 Å². The SMILES string of the molecule is CCCCC1=C(P(C)C)NC(C(=O)O)CS1. The van der Waals surface area contributed by atoms with Gasteiger partial charge in [-0.25, -0.2) is 4.79 Å². The maximum Gasteiger partial charge on any atom is 0.326 e. The van der Waals surface area contributed by atoms with E-state index in [9.17, 15) is 4.79 Å². The second kappa shape index (κ2) is 6.51. The third kappa shape index (κ3) is 3.67. The maximum atomic E-state index is 11.0. The number of carbonyl (C=O) groups is 1. The van der Waals surface area contributed by atoms with Crippen molar-refractivity contribution < 1.29 is 9.90 Å². The van der Waals surface area contributed by atoms with Crippen molar-refractivity contribution >= 4 is 25.7 Å². The zero-order valence-corrected chi connectivity index (χ0v) is 11.8. The molecule has 1 heterocycles. The first-order valence-corrected chi connectivity index (χ1v) is 8.81. The minimum atomic E-state index is -0.739. The van der Waals surface area contributed by atoms with E-state index >= 15 is 0 Å². The van der Waals surface area contributed by atoms with E-state index in [-0.39, 0.29) is 7.92 Å². The topological polar surface area (TPSA) is 49.3 Å². The lowest BCUT2D eigenvalue weighted by Crippen LogP contribution is -2.40. The molecule has 1 atom stereocenters. The summed E-state index contributed by atoms with van der Waals surface area (Å²) in [4.78, 5) is 12.3. The zero-order chi connectivity index (χ0) is 12.1. The Hall–Kier alpha value is -0.210.